The molecule has 8 heteroatoms. The van der Waals surface area contributed by atoms with Gasteiger partial charge in [-0.1, -0.05) is 0 Å². The second-order valence-electron chi connectivity index (χ2n) is 4.03. The first-order chi connectivity index (χ1) is 7.86. The van der Waals surface area contributed by atoms with Crippen LogP contribution in [0.1, 0.15) is 18.7 Å². The van der Waals surface area contributed by atoms with E-state index in [1.807, 2.05) is 0 Å². The highest BCUT2D eigenvalue weighted by Gasteiger charge is 2.24. The molecule has 0 aromatic carbocycles. The standard InChI is InChI=1S/C9H12ClN3O3S/c1-6-11-9(17(10,15)16)5-13(6)4-8(14)12-7-2-3-7/h5,7H,2-4H2,1H3,(H,12,14). The molecule has 2 rings (SSSR count). The van der Waals surface area contributed by atoms with Gasteiger partial charge in [-0.25, -0.2) is 13.4 Å². The average molecular weight is 278 g/mol. The lowest BCUT2D eigenvalue weighted by Crippen LogP contribution is -2.29. The minimum Gasteiger partial charge on any atom is -0.352 e. The molecule has 1 amide bonds. The van der Waals surface area contributed by atoms with Gasteiger partial charge >= 0.3 is 0 Å². The van der Waals surface area contributed by atoms with Crippen molar-refractivity contribution in [2.45, 2.75) is 37.4 Å². The van der Waals surface area contributed by atoms with Crippen LogP contribution in [0.5, 0.6) is 0 Å². The van der Waals surface area contributed by atoms with Crippen molar-refractivity contribution < 1.29 is 13.2 Å². The Morgan fingerprint density at radius 2 is 2.29 bits per heavy atom. The Morgan fingerprint density at radius 3 is 2.76 bits per heavy atom. The van der Waals surface area contributed by atoms with Crippen LogP contribution in [0.2, 0.25) is 0 Å². The number of carbonyl (C=O) groups is 1. The molecular formula is C9H12ClN3O3S. The molecule has 1 aliphatic carbocycles. The van der Waals surface area contributed by atoms with Crippen molar-refractivity contribution in [2.24, 2.45) is 0 Å². The van der Waals surface area contributed by atoms with Gasteiger partial charge in [0.05, 0.1) is 0 Å². The average Bonchev–Trinajstić information content (AvgIpc) is 2.90. The summed E-state index contributed by atoms with van der Waals surface area (Å²) in [5, 5.41) is 2.58. The molecule has 1 aliphatic rings. The molecular weight excluding hydrogens is 266 g/mol. The van der Waals surface area contributed by atoms with Gasteiger partial charge in [-0.3, -0.25) is 4.79 Å². The number of hydrogen-bond donors (Lipinski definition) is 1. The quantitative estimate of drug-likeness (QED) is 0.808. The fourth-order valence-corrected chi connectivity index (χ4v) is 2.13. The van der Waals surface area contributed by atoms with Gasteiger partial charge in [0.25, 0.3) is 9.05 Å². The number of aryl methyl sites for hydroxylation is 1. The Balaban J connectivity index is 2.10. The zero-order valence-corrected chi connectivity index (χ0v) is 10.8. The normalized spacial score (nSPS) is 15.9. The molecule has 94 valence electrons. The molecule has 1 heterocycles. The van der Waals surface area contributed by atoms with Crippen LogP contribution in [0, 0.1) is 6.92 Å². The smallest absolute Gasteiger partial charge is 0.280 e. The highest BCUT2D eigenvalue weighted by molar-refractivity contribution is 8.13. The largest absolute Gasteiger partial charge is 0.352 e. The van der Waals surface area contributed by atoms with E-state index in [2.05, 4.69) is 10.3 Å². The number of halogens is 1. The van der Waals surface area contributed by atoms with E-state index < -0.39 is 9.05 Å². The number of rotatable bonds is 4. The molecule has 0 aliphatic heterocycles. The maximum absolute atomic E-state index is 11.5. The number of aromatic nitrogens is 2. The summed E-state index contributed by atoms with van der Waals surface area (Å²) in [6.45, 7) is 1.68. The molecule has 0 spiro atoms. The lowest BCUT2D eigenvalue weighted by atomic mass is 10.5. The maximum atomic E-state index is 11.5. The minimum absolute atomic E-state index is 0.0573. The predicted molar refractivity (Wildman–Crippen MR) is 61.2 cm³/mol. The molecule has 0 atom stereocenters. The zero-order valence-electron chi connectivity index (χ0n) is 9.18. The summed E-state index contributed by atoms with van der Waals surface area (Å²) in [6, 6.07) is 0.280. The maximum Gasteiger partial charge on any atom is 0.280 e. The Hall–Kier alpha value is -1.08. The SMILES string of the molecule is Cc1nc(S(=O)(=O)Cl)cn1CC(=O)NC1CC1. The van der Waals surface area contributed by atoms with Gasteiger partial charge in [0.15, 0.2) is 5.03 Å². The summed E-state index contributed by atoms with van der Waals surface area (Å²) in [7, 11) is 1.33. The third kappa shape index (κ3) is 3.19. The van der Waals surface area contributed by atoms with Crippen LogP contribution in [0.15, 0.2) is 11.2 Å². The van der Waals surface area contributed by atoms with E-state index in [1.165, 1.54) is 10.8 Å². The Morgan fingerprint density at radius 1 is 1.65 bits per heavy atom. The molecule has 1 N–H and O–H groups in total. The molecule has 0 saturated heterocycles. The van der Waals surface area contributed by atoms with E-state index in [1.54, 1.807) is 6.92 Å². The first-order valence-electron chi connectivity index (χ1n) is 5.14. The fourth-order valence-electron chi connectivity index (χ4n) is 1.41. The Kier molecular flexibility index (Phi) is 3.13. The number of nitrogens with zero attached hydrogens (tertiary/aromatic N) is 2. The van der Waals surface area contributed by atoms with Crippen molar-refractivity contribution in [1.82, 2.24) is 14.9 Å². The second-order valence-corrected chi connectivity index (χ2v) is 6.55. The van der Waals surface area contributed by atoms with E-state index in [-0.39, 0.29) is 23.5 Å². The van der Waals surface area contributed by atoms with Crippen molar-refractivity contribution in [3.05, 3.63) is 12.0 Å². The number of hydrogen-bond acceptors (Lipinski definition) is 4. The molecule has 1 saturated carbocycles. The molecule has 1 aromatic heterocycles. The lowest BCUT2D eigenvalue weighted by molar-refractivity contribution is -0.121. The van der Waals surface area contributed by atoms with Crippen molar-refractivity contribution >= 4 is 25.6 Å². The summed E-state index contributed by atoms with van der Waals surface area (Å²) in [4.78, 5) is 15.3. The van der Waals surface area contributed by atoms with Crippen molar-refractivity contribution in [1.29, 1.82) is 0 Å². The van der Waals surface area contributed by atoms with Gasteiger partial charge < -0.3 is 9.88 Å². The summed E-state index contributed by atoms with van der Waals surface area (Å²) >= 11 is 0. The molecule has 6 nitrogen and oxygen atoms in total. The summed E-state index contributed by atoms with van der Waals surface area (Å²) in [5.74, 6) is 0.293. The van der Waals surface area contributed by atoms with Crippen LogP contribution in [0.25, 0.3) is 0 Å². The number of amides is 1. The third-order valence-electron chi connectivity index (χ3n) is 2.46. The van der Waals surface area contributed by atoms with Crippen LogP contribution in [0.3, 0.4) is 0 Å². The first-order valence-corrected chi connectivity index (χ1v) is 7.45. The van der Waals surface area contributed by atoms with Gasteiger partial charge in [0.2, 0.25) is 5.91 Å². The van der Waals surface area contributed by atoms with Crippen molar-refractivity contribution in [2.75, 3.05) is 0 Å². The topological polar surface area (TPSA) is 81.1 Å². The number of imidazole rings is 1. The van der Waals surface area contributed by atoms with Gasteiger partial charge in [0.1, 0.15) is 12.4 Å². The first kappa shape index (κ1) is 12.4. The molecule has 0 unspecified atom stereocenters. The van der Waals surface area contributed by atoms with Crippen LogP contribution in [0.4, 0.5) is 0 Å². The Labute approximate surface area is 103 Å². The lowest BCUT2D eigenvalue weighted by Gasteiger charge is -2.05. The third-order valence-corrected chi connectivity index (χ3v) is 3.63. The molecule has 0 radical (unpaired) electrons. The van der Waals surface area contributed by atoms with Crippen LogP contribution >= 0.6 is 10.7 Å². The van der Waals surface area contributed by atoms with E-state index in [0.717, 1.165) is 12.8 Å². The molecule has 0 bridgehead atoms. The van der Waals surface area contributed by atoms with Gasteiger partial charge in [-0.05, 0) is 19.8 Å². The summed E-state index contributed by atoms with van der Waals surface area (Å²) < 4.78 is 23.6. The van der Waals surface area contributed by atoms with Crippen LogP contribution in [-0.4, -0.2) is 29.9 Å². The Bertz CT molecular complexity index is 548. The van der Waals surface area contributed by atoms with Crippen molar-refractivity contribution in [3.8, 4) is 0 Å². The summed E-state index contributed by atoms with van der Waals surface area (Å²) in [5.41, 5.74) is 0. The van der Waals surface area contributed by atoms with Gasteiger partial charge in [-0.2, -0.15) is 0 Å². The van der Waals surface area contributed by atoms with E-state index in [9.17, 15) is 13.2 Å². The second kappa shape index (κ2) is 4.30. The molecule has 1 aromatic rings. The predicted octanol–water partition coefficient (Wildman–Crippen LogP) is 0.398. The summed E-state index contributed by atoms with van der Waals surface area (Å²) in [6.07, 6.45) is 3.29. The number of nitrogens with one attached hydrogen (secondary N) is 1. The number of carbonyl (C=O) groups excluding carboxylic acids is 1. The van der Waals surface area contributed by atoms with Gasteiger partial charge in [0, 0.05) is 22.9 Å². The van der Waals surface area contributed by atoms with Crippen LogP contribution < -0.4 is 5.32 Å². The van der Waals surface area contributed by atoms with Gasteiger partial charge in [-0.15, -0.1) is 0 Å². The van der Waals surface area contributed by atoms with E-state index in [4.69, 9.17) is 10.7 Å². The highest BCUT2D eigenvalue weighted by Crippen LogP contribution is 2.19. The van der Waals surface area contributed by atoms with E-state index >= 15 is 0 Å². The molecule has 1 fully saturated rings. The highest BCUT2D eigenvalue weighted by atomic mass is 35.7. The fraction of sp³-hybridized carbons (Fsp3) is 0.556. The van der Waals surface area contributed by atoms with Crippen LogP contribution in [-0.2, 0) is 20.4 Å². The molecule has 17 heavy (non-hydrogen) atoms. The monoisotopic (exact) mass is 277 g/mol. The van der Waals surface area contributed by atoms with E-state index in [0.29, 0.717) is 5.82 Å². The zero-order chi connectivity index (χ0) is 12.6. The minimum atomic E-state index is -3.84. The van der Waals surface area contributed by atoms with Crippen molar-refractivity contribution in [3.63, 3.8) is 0 Å².